The van der Waals surface area contributed by atoms with Crippen LogP contribution in [0.2, 0.25) is 0 Å². The van der Waals surface area contributed by atoms with Crippen molar-refractivity contribution in [3.63, 3.8) is 0 Å². The Morgan fingerprint density at radius 2 is 2.00 bits per heavy atom. The minimum absolute atomic E-state index is 0.275. The van der Waals surface area contributed by atoms with Gasteiger partial charge in [-0.25, -0.2) is 9.37 Å². The number of nitrogens with zero attached hydrogens (tertiary/aromatic N) is 2. The van der Waals surface area contributed by atoms with Crippen molar-refractivity contribution in [1.82, 2.24) is 9.97 Å². The summed E-state index contributed by atoms with van der Waals surface area (Å²) < 4.78 is 13.7. The minimum atomic E-state index is -0.583. The van der Waals surface area contributed by atoms with E-state index in [4.69, 9.17) is 0 Å². The number of benzene rings is 1. The summed E-state index contributed by atoms with van der Waals surface area (Å²) in [5, 5.41) is 2.78. The van der Waals surface area contributed by atoms with Gasteiger partial charge in [-0.1, -0.05) is 18.2 Å². The van der Waals surface area contributed by atoms with Crippen LogP contribution in [0.5, 0.6) is 0 Å². The summed E-state index contributed by atoms with van der Waals surface area (Å²) in [6.07, 6.45) is 5.33. The Hall–Kier alpha value is -2.30. The molecule has 0 saturated heterocycles. The molecule has 1 fully saturated rings. The largest absolute Gasteiger partial charge is 0.309 e. The number of nitrogens with one attached hydrogen (secondary N) is 1. The molecule has 3 rings (SSSR count). The lowest BCUT2D eigenvalue weighted by Gasteiger charge is -2.14. The standard InChI is InChI=1S/C16H16FN3O/c1-10(12-4-2-3-5-13(12)17)16(21)20-15-14(11-6-7-11)18-8-9-19-15/h2-5,8-11H,6-7H2,1H3,(H,19,20,21)/t10-/m1/s1. The fourth-order valence-corrected chi connectivity index (χ4v) is 2.29. The van der Waals surface area contributed by atoms with Gasteiger partial charge >= 0.3 is 0 Å². The van der Waals surface area contributed by atoms with E-state index in [0.717, 1.165) is 18.5 Å². The number of halogens is 1. The van der Waals surface area contributed by atoms with Gasteiger partial charge in [0.1, 0.15) is 5.82 Å². The maximum atomic E-state index is 13.7. The summed E-state index contributed by atoms with van der Waals surface area (Å²) in [5.41, 5.74) is 1.21. The molecule has 0 spiro atoms. The topological polar surface area (TPSA) is 54.9 Å². The first-order chi connectivity index (χ1) is 10.2. The molecule has 1 aromatic heterocycles. The third kappa shape index (κ3) is 2.91. The third-order valence-electron chi connectivity index (χ3n) is 3.70. The van der Waals surface area contributed by atoms with Gasteiger partial charge in [-0.3, -0.25) is 9.78 Å². The number of aromatic nitrogens is 2. The van der Waals surface area contributed by atoms with Crippen LogP contribution in [0.3, 0.4) is 0 Å². The number of rotatable bonds is 4. The quantitative estimate of drug-likeness (QED) is 0.938. The van der Waals surface area contributed by atoms with Crippen LogP contribution in [0.4, 0.5) is 10.2 Å². The SMILES string of the molecule is C[C@@H](C(=O)Nc1nccnc1C1CC1)c1ccccc1F. The number of amides is 1. The Labute approximate surface area is 122 Å². The molecular weight excluding hydrogens is 269 g/mol. The normalized spacial score (nSPS) is 15.5. The van der Waals surface area contributed by atoms with Crippen molar-refractivity contribution < 1.29 is 9.18 Å². The zero-order valence-electron chi connectivity index (χ0n) is 11.7. The van der Waals surface area contributed by atoms with Crippen LogP contribution < -0.4 is 5.32 Å². The van der Waals surface area contributed by atoms with Crippen molar-refractivity contribution in [1.29, 1.82) is 0 Å². The van der Waals surface area contributed by atoms with Gasteiger partial charge in [0.05, 0.1) is 11.6 Å². The van der Waals surface area contributed by atoms with Crippen molar-refractivity contribution in [3.05, 3.63) is 53.7 Å². The molecule has 1 saturated carbocycles. The van der Waals surface area contributed by atoms with E-state index in [1.807, 2.05) is 0 Å². The molecular formula is C16H16FN3O. The molecule has 1 atom stereocenters. The highest BCUT2D eigenvalue weighted by atomic mass is 19.1. The average Bonchev–Trinajstić information content (AvgIpc) is 3.32. The van der Waals surface area contributed by atoms with Crippen LogP contribution >= 0.6 is 0 Å². The summed E-state index contributed by atoms with van der Waals surface area (Å²) in [6, 6.07) is 6.31. The average molecular weight is 285 g/mol. The molecule has 0 radical (unpaired) electrons. The van der Waals surface area contributed by atoms with Gasteiger partial charge in [0.2, 0.25) is 5.91 Å². The molecule has 0 aliphatic heterocycles. The molecule has 1 aliphatic carbocycles. The first kappa shape index (κ1) is 13.7. The summed E-state index contributed by atoms with van der Waals surface area (Å²) in [5.74, 6) is -0.351. The van der Waals surface area contributed by atoms with Crippen molar-refractivity contribution in [3.8, 4) is 0 Å². The molecule has 1 amide bonds. The summed E-state index contributed by atoms with van der Waals surface area (Å²) >= 11 is 0. The van der Waals surface area contributed by atoms with Crippen LogP contribution in [0.1, 0.15) is 42.9 Å². The molecule has 108 valence electrons. The van der Waals surface area contributed by atoms with E-state index >= 15 is 0 Å². The fraction of sp³-hybridized carbons (Fsp3) is 0.312. The maximum absolute atomic E-state index is 13.7. The van der Waals surface area contributed by atoms with E-state index in [1.165, 1.54) is 6.07 Å². The van der Waals surface area contributed by atoms with Gasteiger partial charge < -0.3 is 5.32 Å². The highest BCUT2D eigenvalue weighted by Crippen LogP contribution is 2.41. The molecule has 0 unspecified atom stereocenters. The Morgan fingerprint density at radius 1 is 1.29 bits per heavy atom. The first-order valence-electron chi connectivity index (χ1n) is 7.03. The second kappa shape index (κ2) is 5.60. The van der Waals surface area contributed by atoms with E-state index < -0.39 is 5.92 Å². The smallest absolute Gasteiger partial charge is 0.232 e. The predicted octanol–water partition coefficient (Wildman–Crippen LogP) is 3.24. The lowest BCUT2D eigenvalue weighted by molar-refractivity contribution is -0.117. The van der Waals surface area contributed by atoms with Gasteiger partial charge in [0.25, 0.3) is 0 Å². The van der Waals surface area contributed by atoms with E-state index in [1.54, 1.807) is 37.5 Å². The molecule has 1 heterocycles. The predicted molar refractivity (Wildman–Crippen MR) is 77.5 cm³/mol. The number of carbonyl (C=O) groups is 1. The van der Waals surface area contributed by atoms with E-state index in [-0.39, 0.29) is 11.7 Å². The number of anilines is 1. The molecule has 1 aromatic carbocycles. The zero-order chi connectivity index (χ0) is 14.8. The minimum Gasteiger partial charge on any atom is -0.309 e. The Kier molecular flexibility index (Phi) is 3.64. The first-order valence-corrected chi connectivity index (χ1v) is 7.03. The Bertz CT molecular complexity index is 670. The van der Waals surface area contributed by atoms with Gasteiger partial charge in [0.15, 0.2) is 5.82 Å². The van der Waals surface area contributed by atoms with Crippen LogP contribution in [0.15, 0.2) is 36.7 Å². The van der Waals surface area contributed by atoms with Crippen LogP contribution in [0.25, 0.3) is 0 Å². The molecule has 2 aromatic rings. The van der Waals surface area contributed by atoms with Gasteiger partial charge in [-0.15, -0.1) is 0 Å². The number of carbonyl (C=O) groups excluding carboxylic acids is 1. The van der Waals surface area contributed by atoms with E-state index in [2.05, 4.69) is 15.3 Å². The fourth-order valence-electron chi connectivity index (χ4n) is 2.29. The molecule has 0 bridgehead atoms. The second-order valence-corrected chi connectivity index (χ2v) is 5.30. The number of hydrogen-bond donors (Lipinski definition) is 1. The lowest BCUT2D eigenvalue weighted by atomic mass is 10.00. The zero-order valence-corrected chi connectivity index (χ0v) is 11.7. The van der Waals surface area contributed by atoms with Crippen molar-refractivity contribution in [2.45, 2.75) is 31.6 Å². The molecule has 1 aliphatic rings. The Balaban J connectivity index is 1.79. The van der Waals surface area contributed by atoms with Gasteiger partial charge in [-0.05, 0) is 31.4 Å². The molecule has 21 heavy (non-hydrogen) atoms. The van der Waals surface area contributed by atoms with Crippen molar-refractivity contribution in [2.75, 3.05) is 5.32 Å². The van der Waals surface area contributed by atoms with Crippen molar-refractivity contribution >= 4 is 11.7 Å². The lowest BCUT2D eigenvalue weighted by Crippen LogP contribution is -2.21. The monoisotopic (exact) mass is 285 g/mol. The van der Waals surface area contributed by atoms with Gasteiger partial charge in [-0.2, -0.15) is 0 Å². The van der Waals surface area contributed by atoms with Crippen molar-refractivity contribution in [2.24, 2.45) is 0 Å². The van der Waals surface area contributed by atoms with E-state index in [9.17, 15) is 9.18 Å². The summed E-state index contributed by atoms with van der Waals surface area (Å²) in [6.45, 7) is 1.68. The van der Waals surface area contributed by atoms with Crippen LogP contribution in [0, 0.1) is 5.82 Å². The maximum Gasteiger partial charge on any atom is 0.232 e. The highest BCUT2D eigenvalue weighted by molar-refractivity contribution is 5.95. The molecule has 5 heteroatoms. The van der Waals surface area contributed by atoms with Crippen LogP contribution in [-0.2, 0) is 4.79 Å². The number of hydrogen-bond acceptors (Lipinski definition) is 3. The summed E-state index contributed by atoms with van der Waals surface area (Å²) in [4.78, 5) is 20.8. The highest BCUT2D eigenvalue weighted by Gasteiger charge is 2.29. The second-order valence-electron chi connectivity index (χ2n) is 5.30. The molecule has 4 nitrogen and oxygen atoms in total. The molecule has 1 N–H and O–H groups in total. The third-order valence-corrected chi connectivity index (χ3v) is 3.70. The van der Waals surface area contributed by atoms with E-state index in [0.29, 0.717) is 17.3 Å². The Morgan fingerprint density at radius 3 is 2.71 bits per heavy atom. The van der Waals surface area contributed by atoms with Gasteiger partial charge in [0, 0.05) is 18.3 Å². The van der Waals surface area contributed by atoms with Crippen LogP contribution in [-0.4, -0.2) is 15.9 Å². The summed E-state index contributed by atoms with van der Waals surface area (Å²) in [7, 11) is 0.